The summed E-state index contributed by atoms with van der Waals surface area (Å²) in [5, 5.41) is 1.97. The largest absolute Gasteiger partial charge is 0.484 e. The lowest BCUT2D eigenvalue weighted by Crippen LogP contribution is -2.10. The van der Waals surface area contributed by atoms with E-state index in [-0.39, 0.29) is 17.4 Å². The van der Waals surface area contributed by atoms with E-state index in [4.69, 9.17) is 16.3 Å². The lowest BCUT2D eigenvalue weighted by atomic mass is 10.3. The molecule has 2 rings (SSSR count). The molecular weight excluding hydrogens is 263 g/mol. The molecule has 0 saturated carbocycles. The number of hydrogen-bond donors (Lipinski definition) is 0. The molecule has 0 aliphatic heterocycles. The summed E-state index contributed by atoms with van der Waals surface area (Å²) >= 11 is 7.11. The first-order valence-corrected chi connectivity index (χ1v) is 6.07. The van der Waals surface area contributed by atoms with Crippen molar-refractivity contribution in [3.63, 3.8) is 0 Å². The molecule has 1 aromatic heterocycles. The summed E-state index contributed by atoms with van der Waals surface area (Å²) in [5.41, 5.74) is 0. The van der Waals surface area contributed by atoms with Crippen molar-refractivity contribution in [2.24, 2.45) is 0 Å². The molecule has 0 unspecified atom stereocenters. The number of hydrogen-bond acceptors (Lipinski definition) is 3. The second kappa shape index (κ2) is 5.29. The second-order valence-electron chi connectivity index (χ2n) is 3.26. The lowest BCUT2D eigenvalue weighted by molar-refractivity contribution is 0.0925. The molecule has 1 heterocycles. The highest BCUT2D eigenvalue weighted by molar-refractivity contribution is 7.12. The summed E-state index contributed by atoms with van der Waals surface area (Å²) < 4.78 is 18.0. The summed E-state index contributed by atoms with van der Waals surface area (Å²) in [6.07, 6.45) is 0. The van der Waals surface area contributed by atoms with E-state index in [1.807, 2.05) is 5.38 Å². The van der Waals surface area contributed by atoms with E-state index in [9.17, 15) is 9.18 Å². The maximum atomic E-state index is 12.8. The van der Waals surface area contributed by atoms with E-state index in [0.717, 1.165) is 6.07 Å². The van der Waals surface area contributed by atoms with E-state index >= 15 is 0 Å². The van der Waals surface area contributed by atoms with Crippen LogP contribution in [0.3, 0.4) is 0 Å². The molecule has 0 spiro atoms. The molecule has 0 radical (unpaired) electrons. The van der Waals surface area contributed by atoms with Crippen LogP contribution in [0.2, 0.25) is 5.02 Å². The Balaban J connectivity index is 2.01. The molecular formula is C12H8ClFO2S. The van der Waals surface area contributed by atoms with Crippen LogP contribution in [0.15, 0.2) is 35.7 Å². The molecule has 1 aromatic carbocycles. The van der Waals surface area contributed by atoms with Crippen LogP contribution in [-0.2, 0) is 0 Å². The number of halogens is 2. The van der Waals surface area contributed by atoms with Crippen LogP contribution in [0.1, 0.15) is 9.67 Å². The molecule has 5 heteroatoms. The highest BCUT2D eigenvalue weighted by Crippen LogP contribution is 2.25. The van der Waals surface area contributed by atoms with Gasteiger partial charge in [-0.05, 0) is 29.6 Å². The Kier molecular flexibility index (Phi) is 3.76. The second-order valence-corrected chi connectivity index (χ2v) is 4.62. The van der Waals surface area contributed by atoms with Crippen LogP contribution in [0, 0.1) is 5.82 Å². The van der Waals surface area contributed by atoms with Crippen molar-refractivity contribution in [3.8, 4) is 5.75 Å². The van der Waals surface area contributed by atoms with Crippen molar-refractivity contribution in [3.05, 3.63) is 51.4 Å². The van der Waals surface area contributed by atoms with Gasteiger partial charge in [-0.25, -0.2) is 4.39 Å². The van der Waals surface area contributed by atoms with Crippen LogP contribution < -0.4 is 4.74 Å². The number of Topliss-reactive ketones (excluding diaryl/α,β-unsaturated/α-hetero) is 1. The zero-order valence-electron chi connectivity index (χ0n) is 8.65. The Morgan fingerprint density at radius 3 is 2.88 bits per heavy atom. The molecule has 2 aromatic rings. The maximum Gasteiger partial charge on any atom is 0.210 e. The Hall–Kier alpha value is -1.39. The van der Waals surface area contributed by atoms with Gasteiger partial charge in [-0.3, -0.25) is 4.79 Å². The number of ether oxygens (including phenoxy) is 1. The van der Waals surface area contributed by atoms with Crippen molar-refractivity contribution in [2.75, 3.05) is 6.61 Å². The summed E-state index contributed by atoms with van der Waals surface area (Å²) in [6, 6.07) is 7.30. The standard InChI is InChI=1S/C12H8ClFO2S/c13-9-6-8(14)3-4-11(9)16-7-10(15)12-2-1-5-17-12/h1-6H,7H2. The lowest BCUT2D eigenvalue weighted by Gasteiger charge is -2.06. The molecule has 0 aliphatic carbocycles. The number of benzene rings is 1. The molecule has 88 valence electrons. The fourth-order valence-electron chi connectivity index (χ4n) is 1.24. The summed E-state index contributed by atoms with van der Waals surface area (Å²) in [5.74, 6) is -0.259. The van der Waals surface area contributed by atoms with Crippen LogP contribution in [0.5, 0.6) is 5.75 Å². The number of rotatable bonds is 4. The van der Waals surface area contributed by atoms with E-state index < -0.39 is 5.82 Å². The van der Waals surface area contributed by atoms with Gasteiger partial charge in [0, 0.05) is 0 Å². The average Bonchev–Trinajstić information content (AvgIpc) is 2.81. The first kappa shape index (κ1) is 12.1. The van der Waals surface area contributed by atoms with Crippen LogP contribution in [0.25, 0.3) is 0 Å². The third-order valence-corrected chi connectivity index (χ3v) is 3.25. The van der Waals surface area contributed by atoms with Crippen molar-refractivity contribution in [2.45, 2.75) is 0 Å². The Labute approximate surface area is 107 Å². The van der Waals surface area contributed by atoms with Crippen molar-refractivity contribution < 1.29 is 13.9 Å². The smallest absolute Gasteiger partial charge is 0.210 e. The fraction of sp³-hybridized carbons (Fsp3) is 0.0833. The molecule has 0 atom stereocenters. The first-order chi connectivity index (χ1) is 8.16. The quantitative estimate of drug-likeness (QED) is 0.790. The third kappa shape index (κ3) is 3.05. The van der Waals surface area contributed by atoms with Crippen LogP contribution in [0.4, 0.5) is 4.39 Å². The minimum Gasteiger partial charge on any atom is -0.484 e. The van der Waals surface area contributed by atoms with E-state index in [0.29, 0.717) is 10.6 Å². The van der Waals surface area contributed by atoms with Gasteiger partial charge in [0.1, 0.15) is 11.6 Å². The van der Waals surface area contributed by atoms with Gasteiger partial charge in [-0.15, -0.1) is 11.3 Å². The summed E-state index contributed by atoms with van der Waals surface area (Å²) in [7, 11) is 0. The zero-order valence-corrected chi connectivity index (χ0v) is 10.2. The molecule has 0 bridgehead atoms. The molecule has 0 amide bonds. The molecule has 2 nitrogen and oxygen atoms in total. The van der Waals surface area contributed by atoms with Crippen molar-refractivity contribution in [1.82, 2.24) is 0 Å². The number of ketones is 1. The van der Waals surface area contributed by atoms with Crippen molar-refractivity contribution in [1.29, 1.82) is 0 Å². The van der Waals surface area contributed by atoms with Gasteiger partial charge < -0.3 is 4.74 Å². The van der Waals surface area contributed by atoms with Gasteiger partial charge >= 0.3 is 0 Å². The molecule has 0 N–H and O–H groups in total. The van der Waals surface area contributed by atoms with Crippen molar-refractivity contribution >= 4 is 28.7 Å². The van der Waals surface area contributed by atoms with E-state index in [1.165, 1.54) is 23.5 Å². The molecule has 0 aliphatic rings. The van der Waals surface area contributed by atoms with Crippen LogP contribution in [-0.4, -0.2) is 12.4 Å². The molecule has 0 fully saturated rings. The average molecular weight is 271 g/mol. The minimum absolute atomic E-state index is 0.105. The monoisotopic (exact) mass is 270 g/mol. The topological polar surface area (TPSA) is 26.3 Å². The molecule has 17 heavy (non-hydrogen) atoms. The van der Waals surface area contributed by atoms with Gasteiger partial charge in [-0.1, -0.05) is 17.7 Å². The highest BCUT2D eigenvalue weighted by atomic mass is 35.5. The number of thiophene rings is 1. The maximum absolute atomic E-state index is 12.8. The number of carbonyl (C=O) groups is 1. The third-order valence-electron chi connectivity index (χ3n) is 2.05. The molecule has 0 saturated heterocycles. The van der Waals surface area contributed by atoms with Gasteiger partial charge in [0.25, 0.3) is 0 Å². The Morgan fingerprint density at radius 2 is 2.24 bits per heavy atom. The number of carbonyl (C=O) groups excluding carboxylic acids is 1. The first-order valence-electron chi connectivity index (χ1n) is 4.81. The van der Waals surface area contributed by atoms with Gasteiger partial charge in [-0.2, -0.15) is 0 Å². The fourth-order valence-corrected chi connectivity index (χ4v) is 2.12. The van der Waals surface area contributed by atoms with Gasteiger partial charge in [0.2, 0.25) is 5.78 Å². The van der Waals surface area contributed by atoms with Gasteiger partial charge in [0.15, 0.2) is 6.61 Å². The van der Waals surface area contributed by atoms with Gasteiger partial charge in [0.05, 0.1) is 9.90 Å². The minimum atomic E-state index is -0.438. The SMILES string of the molecule is O=C(COc1ccc(F)cc1Cl)c1cccs1. The Morgan fingerprint density at radius 1 is 1.41 bits per heavy atom. The summed E-state index contributed by atoms with van der Waals surface area (Å²) in [6.45, 7) is -0.105. The highest BCUT2D eigenvalue weighted by Gasteiger charge is 2.09. The Bertz CT molecular complexity index is 525. The normalized spacial score (nSPS) is 10.2. The summed E-state index contributed by atoms with van der Waals surface area (Å²) in [4.78, 5) is 12.3. The van der Waals surface area contributed by atoms with E-state index in [2.05, 4.69) is 0 Å². The van der Waals surface area contributed by atoms with Crippen LogP contribution >= 0.6 is 22.9 Å². The van der Waals surface area contributed by atoms with E-state index in [1.54, 1.807) is 12.1 Å². The predicted molar refractivity (Wildman–Crippen MR) is 65.6 cm³/mol. The zero-order chi connectivity index (χ0) is 12.3. The predicted octanol–water partition coefficient (Wildman–Crippen LogP) is 3.80.